The molecule has 0 bridgehead atoms. The molecule has 1 aromatic carbocycles. The van der Waals surface area contributed by atoms with E-state index in [1.165, 1.54) is 12.1 Å². The van der Waals surface area contributed by atoms with Crippen LogP contribution in [0.4, 0.5) is 4.39 Å². The lowest BCUT2D eigenvalue weighted by Crippen LogP contribution is -2.16. The van der Waals surface area contributed by atoms with Crippen LogP contribution in [0.15, 0.2) is 18.2 Å². The van der Waals surface area contributed by atoms with Gasteiger partial charge >= 0.3 is 0 Å². The van der Waals surface area contributed by atoms with Gasteiger partial charge in [0.1, 0.15) is 11.6 Å². The number of aliphatic hydroxyl groups is 1. The summed E-state index contributed by atoms with van der Waals surface area (Å²) in [5, 5.41) is 9.53. The Kier molecular flexibility index (Phi) is 5.38. The predicted octanol–water partition coefficient (Wildman–Crippen LogP) is 2.21. The zero-order chi connectivity index (χ0) is 12.8. The van der Waals surface area contributed by atoms with E-state index in [4.69, 9.17) is 4.74 Å². The molecule has 1 rings (SSSR count). The summed E-state index contributed by atoms with van der Waals surface area (Å²) >= 11 is 0. The topological polar surface area (TPSA) is 32.7 Å². The highest BCUT2D eigenvalue weighted by Gasteiger charge is 2.10. The van der Waals surface area contributed by atoms with Gasteiger partial charge < -0.3 is 14.7 Å². The Morgan fingerprint density at radius 3 is 2.71 bits per heavy atom. The maximum absolute atomic E-state index is 13.1. The van der Waals surface area contributed by atoms with Crippen molar-refractivity contribution >= 4 is 0 Å². The van der Waals surface area contributed by atoms with Crippen LogP contribution < -0.4 is 4.74 Å². The van der Waals surface area contributed by atoms with Crippen molar-refractivity contribution in [1.82, 2.24) is 4.90 Å². The lowest BCUT2D eigenvalue weighted by Gasteiger charge is -2.14. The lowest BCUT2D eigenvalue weighted by atomic mass is 10.1. The van der Waals surface area contributed by atoms with Crippen LogP contribution in [0.2, 0.25) is 0 Å². The molecule has 1 atom stereocenters. The second-order valence-corrected chi connectivity index (χ2v) is 4.36. The van der Waals surface area contributed by atoms with Gasteiger partial charge in [0, 0.05) is 18.2 Å². The van der Waals surface area contributed by atoms with Gasteiger partial charge in [0.05, 0.1) is 12.7 Å². The highest BCUT2D eigenvalue weighted by atomic mass is 19.1. The van der Waals surface area contributed by atoms with Gasteiger partial charge in [-0.1, -0.05) is 0 Å². The van der Waals surface area contributed by atoms with E-state index in [9.17, 15) is 9.50 Å². The Balaban J connectivity index is 2.59. The van der Waals surface area contributed by atoms with Crippen molar-refractivity contribution in [1.29, 1.82) is 0 Å². The predicted molar refractivity (Wildman–Crippen MR) is 65.7 cm³/mol. The summed E-state index contributed by atoms with van der Waals surface area (Å²) in [6.07, 6.45) is 0.211. The number of hydrogen-bond donors (Lipinski definition) is 1. The number of hydrogen-bond acceptors (Lipinski definition) is 3. The summed E-state index contributed by atoms with van der Waals surface area (Å²) in [7, 11) is 3.98. The zero-order valence-corrected chi connectivity index (χ0v) is 10.6. The van der Waals surface area contributed by atoms with Crippen molar-refractivity contribution in [2.24, 2.45) is 0 Å². The fourth-order valence-corrected chi connectivity index (χ4v) is 1.54. The molecule has 96 valence electrons. The molecule has 0 aromatic heterocycles. The Bertz CT molecular complexity index is 353. The van der Waals surface area contributed by atoms with Crippen LogP contribution in [-0.4, -0.2) is 37.3 Å². The molecule has 0 amide bonds. The third-order valence-corrected chi connectivity index (χ3v) is 2.43. The second kappa shape index (κ2) is 6.57. The monoisotopic (exact) mass is 241 g/mol. The third kappa shape index (κ3) is 4.71. The molecule has 0 saturated carbocycles. The molecule has 17 heavy (non-hydrogen) atoms. The molecular weight excluding hydrogens is 221 g/mol. The molecule has 0 saturated heterocycles. The van der Waals surface area contributed by atoms with Crippen molar-refractivity contribution in [3.05, 3.63) is 29.6 Å². The summed E-state index contributed by atoms with van der Waals surface area (Å²) in [4.78, 5) is 2.06. The van der Waals surface area contributed by atoms with Crippen LogP contribution in [-0.2, 0) is 0 Å². The molecule has 0 aliphatic rings. The Hall–Kier alpha value is -1.13. The SMILES string of the molecule is C[C@H](O)c1ccc(F)cc1OCCCN(C)C. The standard InChI is InChI=1S/C13H20FNO2/c1-10(16)12-6-5-11(14)9-13(12)17-8-4-7-15(2)3/h5-6,9-10,16H,4,7-8H2,1-3H3/t10-/m0/s1. The second-order valence-electron chi connectivity index (χ2n) is 4.36. The zero-order valence-electron chi connectivity index (χ0n) is 10.6. The number of rotatable bonds is 6. The maximum Gasteiger partial charge on any atom is 0.127 e. The highest BCUT2D eigenvalue weighted by Crippen LogP contribution is 2.26. The summed E-state index contributed by atoms with van der Waals surface area (Å²) in [5.41, 5.74) is 0.622. The first kappa shape index (κ1) is 13.9. The summed E-state index contributed by atoms with van der Waals surface area (Å²) in [5.74, 6) is 0.0794. The molecule has 1 aromatic rings. The van der Waals surface area contributed by atoms with Gasteiger partial charge in [0.15, 0.2) is 0 Å². The van der Waals surface area contributed by atoms with Crippen molar-refractivity contribution in [2.45, 2.75) is 19.4 Å². The molecule has 0 fully saturated rings. The number of halogens is 1. The molecule has 0 spiro atoms. The van der Waals surface area contributed by atoms with E-state index in [2.05, 4.69) is 4.90 Å². The van der Waals surface area contributed by atoms with Gasteiger partial charge in [-0.05, 0) is 39.6 Å². The highest BCUT2D eigenvalue weighted by molar-refractivity contribution is 5.35. The van der Waals surface area contributed by atoms with E-state index in [1.807, 2.05) is 14.1 Å². The minimum atomic E-state index is -0.653. The smallest absolute Gasteiger partial charge is 0.127 e. The lowest BCUT2D eigenvalue weighted by molar-refractivity contribution is 0.189. The van der Waals surface area contributed by atoms with Crippen LogP contribution in [0.5, 0.6) is 5.75 Å². The minimum Gasteiger partial charge on any atom is -0.493 e. The van der Waals surface area contributed by atoms with E-state index in [0.29, 0.717) is 17.9 Å². The summed E-state index contributed by atoms with van der Waals surface area (Å²) in [6, 6.07) is 4.20. The Labute approximate surface area is 102 Å². The first-order valence-corrected chi connectivity index (χ1v) is 5.75. The fraction of sp³-hybridized carbons (Fsp3) is 0.538. The van der Waals surface area contributed by atoms with Crippen molar-refractivity contribution in [2.75, 3.05) is 27.2 Å². The van der Waals surface area contributed by atoms with Crippen molar-refractivity contribution < 1.29 is 14.2 Å². The van der Waals surface area contributed by atoms with Crippen LogP contribution in [0.1, 0.15) is 25.0 Å². The molecule has 4 heteroatoms. The minimum absolute atomic E-state index is 0.350. The van der Waals surface area contributed by atoms with E-state index < -0.39 is 6.10 Å². The number of nitrogens with zero attached hydrogens (tertiary/aromatic N) is 1. The van der Waals surface area contributed by atoms with Gasteiger partial charge in [-0.2, -0.15) is 0 Å². The van der Waals surface area contributed by atoms with Crippen molar-refractivity contribution in [3.63, 3.8) is 0 Å². The first-order valence-electron chi connectivity index (χ1n) is 5.75. The maximum atomic E-state index is 13.1. The van der Waals surface area contributed by atoms with E-state index >= 15 is 0 Å². The van der Waals surface area contributed by atoms with Gasteiger partial charge in [0.25, 0.3) is 0 Å². The average molecular weight is 241 g/mol. The normalized spacial score (nSPS) is 12.8. The van der Waals surface area contributed by atoms with Gasteiger partial charge in [0.2, 0.25) is 0 Å². The molecular formula is C13H20FNO2. The van der Waals surface area contributed by atoms with E-state index in [1.54, 1.807) is 13.0 Å². The number of aliphatic hydroxyl groups excluding tert-OH is 1. The van der Waals surface area contributed by atoms with Crippen LogP contribution >= 0.6 is 0 Å². The third-order valence-electron chi connectivity index (χ3n) is 2.43. The molecule has 0 radical (unpaired) electrons. The Morgan fingerprint density at radius 2 is 2.12 bits per heavy atom. The number of ether oxygens (including phenoxy) is 1. The molecule has 0 heterocycles. The molecule has 0 aliphatic heterocycles. The van der Waals surface area contributed by atoms with Crippen molar-refractivity contribution in [3.8, 4) is 5.75 Å². The van der Waals surface area contributed by atoms with Crippen LogP contribution in [0.25, 0.3) is 0 Å². The van der Waals surface area contributed by atoms with Crippen LogP contribution in [0.3, 0.4) is 0 Å². The fourth-order valence-electron chi connectivity index (χ4n) is 1.54. The van der Waals surface area contributed by atoms with Crippen LogP contribution in [0, 0.1) is 5.82 Å². The largest absolute Gasteiger partial charge is 0.493 e. The van der Waals surface area contributed by atoms with Gasteiger partial charge in [-0.3, -0.25) is 0 Å². The quantitative estimate of drug-likeness (QED) is 0.775. The molecule has 1 N–H and O–H groups in total. The molecule has 0 unspecified atom stereocenters. The van der Waals surface area contributed by atoms with Gasteiger partial charge in [-0.15, -0.1) is 0 Å². The van der Waals surface area contributed by atoms with Gasteiger partial charge in [-0.25, -0.2) is 4.39 Å². The van der Waals surface area contributed by atoms with E-state index in [0.717, 1.165) is 13.0 Å². The average Bonchev–Trinajstić information content (AvgIpc) is 2.23. The molecule has 3 nitrogen and oxygen atoms in total. The number of benzene rings is 1. The first-order chi connectivity index (χ1) is 8.00. The Morgan fingerprint density at radius 1 is 1.41 bits per heavy atom. The summed E-state index contributed by atoms with van der Waals surface area (Å²) in [6.45, 7) is 3.07. The van der Waals surface area contributed by atoms with E-state index in [-0.39, 0.29) is 5.82 Å². The summed E-state index contributed by atoms with van der Waals surface area (Å²) < 4.78 is 18.6. The molecule has 0 aliphatic carbocycles.